The van der Waals surface area contributed by atoms with E-state index in [0.717, 1.165) is 56.3 Å². The summed E-state index contributed by atoms with van der Waals surface area (Å²) in [6.45, 7) is 17.2. The predicted octanol–water partition coefficient (Wildman–Crippen LogP) is 10.3. The lowest BCUT2D eigenvalue weighted by Gasteiger charge is -2.38. The molecule has 3 unspecified atom stereocenters. The molecule has 3 aliphatic rings. The van der Waals surface area contributed by atoms with E-state index < -0.39 is 0 Å². The third-order valence-corrected chi connectivity index (χ3v) is 12.9. The maximum atomic E-state index is 6.77. The molecule has 300 valence electrons. The van der Waals surface area contributed by atoms with Gasteiger partial charge in [-0.25, -0.2) is 4.98 Å². The van der Waals surface area contributed by atoms with Crippen LogP contribution in [-0.4, -0.2) is 64.8 Å². The Morgan fingerprint density at radius 2 is 1.62 bits per heavy atom. The summed E-state index contributed by atoms with van der Waals surface area (Å²) in [6, 6.07) is 23.0. The summed E-state index contributed by atoms with van der Waals surface area (Å²) in [4.78, 5) is 18.9. The number of likely N-dealkylation sites (tertiary alicyclic amines) is 1. The molecule has 1 N–H and O–H groups in total. The average Bonchev–Trinajstić information content (AvgIpc) is 3.15. The summed E-state index contributed by atoms with van der Waals surface area (Å²) < 4.78 is 13.5. The number of ether oxygens (including phenoxy) is 2. The van der Waals surface area contributed by atoms with E-state index in [9.17, 15) is 0 Å². The lowest BCUT2D eigenvalue weighted by molar-refractivity contribution is 0.0169. The zero-order valence-electron chi connectivity index (χ0n) is 35.1. The molecular formula is C48H66N6O2. The number of aromatic nitrogens is 3. The van der Waals surface area contributed by atoms with Crippen molar-refractivity contribution in [3.05, 3.63) is 102 Å². The Morgan fingerprint density at radius 3 is 2.30 bits per heavy atom. The van der Waals surface area contributed by atoms with Gasteiger partial charge in [0.2, 0.25) is 5.88 Å². The van der Waals surface area contributed by atoms with Crippen molar-refractivity contribution in [2.24, 2.45) is 5.92 Å². The summed E-state index contributed by atoms with van der Waals surface area (Å²) in [5.74, 6) is 4.17. The van der Waals surface area contributed by atoms with Gasteiger partial charge in [-0.2, -0.15) is 4.98 Å². The molecule has 4 heterocycles. The van der Waals surface area contributed by atoms with Crippen molar-refractivity contribution in [2.45, 2.75) is 141 Å². The van der Waals surface area contributed by atoms with Crippen molar-refractivity contribution in [2.75, 3.05) is 37.0 Å². The van der Waals surface area contributed by atoms with Gasteiger partial charge in [0, 0.05) is 69.3 Å². The smallest absolute Gasteiger partial charge is 0.215 e. The Morgan fingerprint density at radius 1 is 0.875 bits per heavy atom. The van der Waals surface area contributed by atoms with Crippen LogP contribution in [0.25, 0.3) is 0 Å². The van der Waals surface area contributed by atoms with Gasteiger partial charge in [0.05, 0.1) is 6.61 Å². The van der Waals surface area contributed by atoms with Gasteiger partial charge >= 0.3 is 0 Å². The van der Waals surface area contributed by atoms with Gasteiger partial charge in [-0.15, -0.1) is 0 Å². The van der Waals surface area contributed by atoms with Crippen LogP contribution in [-0.2, 0) is 17.4 Å². The standard InChI is InChI=1S/C48H66N6O2/c1-34(18-23-48(5,6)39-21-26-50-45(30-39)53(7)41-12-9-13-41)36-28-44(51-40-10-8-11-40)52-46(29-36)55-33-37-32-54(31-35-19-24-49-25-20-35)27-22-43(37)56-42-16-14-38(15-17-42)47(2,3)4/h14-17,19-21,24-26,28-30,34,37,40-41,43H,8-13,18,22-23,27,31-33H2,1-7H3,(H,51,52). The average molecular weight is 759 g/mol. The number of piperidine rings is 1. The number of hydrogen-bond acceptors (Lipinski definition) is 8. The molecule has 8 heteroatoms. The molecule has 2 saturated carbocycles. The van der Waals surface area contributed by atoms with E-state index in [2.05, 4.69) is 129 Å². The molecule has 4 aromatic rings. The molecule has 3 aromatic heterocycles. The van der Waals surface area contributed by atoms with Gasteiger partial charge in [-0.3, -0.25) is 9.88 Å². The zero-order valence-corrected chi connectivity index (χ0v) is 35.1. The van der Waals surface area contributed by atoms with Gasteiger partial charge in [0.1, 0.15) is 23.5 Å². The van der Waals surface area contributed by atoms with Crippen LogP contribution >= 0.6 is 0 Å². The molecule has 56 heavy (non-hydrogen) atoms. The molecule has 0 bridgehead atoms. The molecule has 3 atom stereocenters. The first-order valence-electron chi connectivity index (χ1n) is 21.4. The highest BCUT2D eigenvalue weighted by molar-refractivity contribution is 5.45. The quantitative estimate of drug-likeness (QED) is 0.121. The van der Waals surface area contributed by atoms with E-state index in [1.54, 1.807) is 0 Å². The maximum Gasteiger partial charge on any atom is 0.215 e. The van der Waals surface area contributed by atoms with Crippen molar-refractivity contribution < 1.29 is 9.47 Å². The largest absolute Gasteiger partial charge is 0.490 e. The minimum Gasteiger partial charge on any atom is -0.490 e. The molecule has 3 fully saturated rings. The molecule has 1 saturated heterocycles. The number of hydrogen-bond donors (Lipinski definition) is 1. The second kappa shape index (κ2) is 17.5. The molecule has 0 amide bonds. The Balaban J connectivity index is 1.05. The van der Waals surface area contributed by atoms with Crippen LogP contribution in [0.5, 0.6) is 11.6 Å². The third-order valence-electron chi connectivity index (χ3n) is 12.9. The zero-order chi connectivity index (χ0) is 39.3. The van der Waals surface area contributed by atoms with Gasteiger partial charge in [0.15, 0.2) is 0 Å². The molecule has 8 nitrogen and oxygen atoms in total. The second-order valence-corrected chi connectivity index (χ2v) is 18.7. The van der Waals surface area contributed by atoms with Crippen LogP contribution in [0.3, 0.4) is 0 Å². The van der Waals surface area contributed by atoms with Crippen LogP contribution in [0.15, 0.2) is 79.3 Å². The molecule has 2 aliphatic carbocycles. The van der Waals surface area contributed by atoms with E-state index in [1.165, 1.54) is 60.8 Å². The minimum absolute atomic E-state index is 0.0248. The van der Waals surface area contributed by atoms with Crippen LogP contribution in [0.2, 0.25) is 0 Å². The van der Waals surface area contributed by atoms with E-state index >= 15 is 0 Å². The van der Waals surface area contributed by atoms with Crippen LogP contribution in [0.1, 0.15) is 128 Å². The van der Waals surface area contributed by atoms with Crippen LogP contribution in [0, 0.1) is 5.92 Å². The van der Waals surface area contributed by atoms with E-state index in [1.807, 2.05) is 18.6 Å². The molecule has 7 rings (SSSR count). The van der Waals surface area contributed by atoms with Gasteiger partial charge in [-0.05, 0) is 139 Å². The predicted molar refractivity (Wildman–Crippen MR) is 229 cm³/mol. The first-order chi connectivity index (χ1) is 26.9. The summed E-state index contributed by atoms with van der Waals surface area (Å²) >= 11 is 0. The highest BCUT2D eigenvalue weighted by Crippen LogP contribution is 2.37. The van der Waals surface area contributed by atoms with Crippen molar-refractivity contribution in [3.8, 4) is 11.6 Å². The SMILES string of the molecule is CC(CCC(C)(C)c1ccnc(N(C)C2CCC2)c1)c1cc(NC2CCC2)nc(OCC2CN(Cc3ccncc3)CCC2Oc2ccc(C(C)(C)C)cc2)c1. The number of rotatable bonds is 16. The summed E-state index contributed by atoms with van der Waals surface area (Å²) in [5, 5.41) is 3.74. The Kier molecular flexibility index (Phi) is 12.5. The van der Waals surface area contributed by atoms with Crippen LogP contribution < -0.4 is 19.7 Å². The van der Waals surface area contributed by atoms with E-state index in [4.69, 9.17) is 19.4 Å². The first-order valence-corrected chi connectivity index (χ1v) is 21.4. The molecule has 0 radical (unpaired) electrons. The number of benzene rings is 1. The van der Waals surface area contributed by atoms with Gasteiger partial charge in [0.25, 0.3) is 0 Å². The summed E-state index contributed by atoms with van der Waals surface area (Å²) in [5.41, 5.74) is 5.36. The maximum absolute atomic E-state index is 6.77. The fourth-order valence-electron chi connectivity index (χ4n) is 8.29. The first kappa shape index (κ1) is 40.0. The number of nitrogens with one attached hydrogen (secondary N) is 1. The fraction of sp³-hybridized carbons (Fsp3) is 0.562. The van der Waals surface area contributed by atoms with Crippen LogP contribution in [0.4, 0.5) is 11.6 Å². The van der Waals surface area contributed by atoms with E-state index in [0.29, 0.717) is 30.5 Å². The molecule has 0 spiro atoms. The summed E-state index contributed by atoms with van der Waals surface area (Å²) in [7, 11) is 2.20. The highest BCUT2D eigenvalue weighted by Gasteiger charge is 2.33. The normalized spacial score (nSPS) is 20.1. The summed E-state index contributed by atoms with van der Waals surface area (Å²) in [6.07, 6.45) is 16.4. The fourth-order valence-corrected chi connectivity index (χ4v) is 8.29. The van der Waals surface area contributed by atoms with Crippen molar-refractivity contribution >= 4 is 11.6 Å². The molecule has 1 aliphatic heterocycles. The van der Waals surface area contributed by atoms with Gasteiger partial charge < -0.3 is 19.7 Å². The lowest BCUT2D eigenvalue weighted by Crippen LogP contribution is -2.47. The Bertz CT molecular complexity index is 1850. The Hall–Kier alpha value is -4.17. The minimum atomic E-state index is 0.0248. The third kappa shape index (κ3) is 10.2. The Labute approximate surface area is 336 Å². The van der Waals surface area contributed by atoms with Crippen molar-refractivity contribution in [1.82, 2.24) is 19.9 Å². The van der Waals surface area contributed by atoms with Crippen molar-refractivity contribution in [3.63, 3.8) is 0 Å². The number of nitrogens with zero attached hydrogens (tertiary/aromatic N) is 5. The lowest BCUT2D eigenvalue weighted by atomic mass is 9.78. The number of anilines is 2. The topological polar surface area (TPSA) is 75.6 Å². The highest BCUT2D eigenvalue weighted by atomic mass is 16.5. The van der Waals surface area contributed by atoms with Crippen molar-refractivity contribution in [1.29, 1.82) is 0 Å². The van der Waals surface area contributed by atoms with E-state index in [-0.39, 0.29) is 22.9 Å². The van der Waals surface area contributed by atoms with Gasteiger partial charge in [-0.1, -0.05) is 53.7 Å². The molecule has 1 aromatic carbocycles. The monoisotopic (exact) mass is 759 g/mol. The second-order valence-electron chi connectivity index (χ2n) is 18.7. The molecular weight excluding hydrogens is 693 g/mol. The number of pyridine rings is 3.